The van der Waals surface area contributed by atoms with E-state index in [-0.39, 0.29) is 188 Å². The molecule has 19 heteroatoms. The van der Waals surface area contributed by atoms with Gasteiger partial charge in [-0.2, -0.15) is 0 Å². The fourth-order valence-electron chi connectivity index (χ4n) is 0. The zero-order valence-corrected chi connectivity index (χ0v) is 23.7. The van der Waals surface area contributed by atoms with Crippen molar-refractivity contribution >= 4 is 190 Å². The van der Waals surface area contributed by atoms with Gasteiger partial charge in [-0.05, 0) is 0 Å². The summed E-state index contributed by atoms with van der Waals surface area (Å²) >= 11 is 0. The van der Waals surface area contributed by atoms with Gasteiger partial charge < -0.3 is 47.1 Å². The van der Waals surface area contributed by atoms with E-state index in [0.717, 1.165) is 0 Å². The molecule has 0 aromatic carbocycles. The van der Waals surface area contributed by atoms with Crippen LogP contribution in [-0.4, -0.2) is 237 Å². The Morgan fingerprint density at radius 2 is 0.400 bits per heavy atom. The number of hydrogen-bond acceptors (Lipinski definition) is 6. The minimum absolute atomic E-state index is 0. The Morgan fingerprint density at radius 3 is 0.400 bits per heavy atom. The minimum atomic E-state index is -1.82. The van der Waals surface area contributed by atoms with Gasteiger partial charge in [0.05, 0.1) is 0 Å². The SMILES string of the molecule is O.O.O.O=C(O)C(=O)O.O=C(O)C(=O)O.O=C(O)C(=O)O.[Cr].[K].[K].[K]. The maximum Gasteiger partial charge on any atom is 0.414 e. The minimum Gasteiger partial charge on any atom is -0.473 e. The number of hydrogen-bond donors (Lipinski definition) is 6. The van der Waals surface area contributed by atoms with Crippen molar-refractivity contribution in [2.75, 3.05) is 0 Å². The molecule has 0 unspecified atom stereocenters. The van der Waals surface area contributed by atoms with Crippen molar-refractivity contribution in [2.24, 2.45) is 0 Å². The summed E-state index contributed by atoms with van der Waals surface area (Å²) in [6.45, 7) is 0. The molecule has 0 aliphatic carbocycles. The maximum atomic E-state index is 9.10. The Morgan fingerprint density at radius 1 is 0.360 bits per heavy atom. The molecule has 0 aliphatic rings. The molecule has 0 bridgehead atoms. The summed E-state index contributed by atoms with van der Waals surface area (Å²) in [5, 5.41) is 44.3. The van der Waals surface area contributed by atoms with Crippen molar-refractivity contribution < 1.29 is 93.2 Å². The Hall–Kier alpha value is 2.14. The molecule has 135 valence electrons. The van der Waals surface area contributed by atoms with Gasteiger partial charge >= 0.3 is 35.8 Å². The largest absolute Gasteiger partial charge is 0.473 e. The van der Waals surface area contributed by atoms with Gasteiger partial charge in [0.25, 0.3) is 0 Å². The van der Waals surface area contributed by atoms with Crippen LogP contribution in [0.1, 0.15) is 0 Å². The molecule has 0 aliphatic heterocycles. The molecule has 0 aromatic rings. The summed E-state index contributed by atoms with van der Waals surface area (Å²) in [6.07, 6.45) is 0. The summed E-state index contributed by atoms with van der Waals surface area (Å²) in [6, 6.07) is 0. The van der Waals surface area contributed by atoms with Crippen molar-refractivity contribution in [1.29, 1.82) is 0 Å². The van der Waals surface area contributed by atoms with E-state index in [1.807, 2.05) is 0 Å². The monoisotopic (exact) mass is 493 g/mol. The molecule has 0 amide bonds. The molecule has 0 rings (SSSR count). The van der Waals surface area contributed by atoms with Gasteiger partial charge in [0.2, 0.25) is 0 Å². The zero-order valence-electron chi connectivity index (χ0n) is 13.0. The van der Waals surface area contributed by atoms with Gasteiger partial charge in [0, 0.05) is 172 Å². The van der Waals surface area contributed by atoms with Crippen LogP contribution in [0, 0.1) is 0 Å². The number of carboxylic acid groups (broad SMARTS) is 6. The van der Waals surface area contributed by atoms with Crippen LogP contribution >= 0.6 is 0 Å². The van der Waals surface area contributed by atoms with Crippen molar-refractivity contribution in [3.05, 3.63) is 0 Å². The number of carbonyl (C=O) groups is 6. The number of rotatable bonds is 0. The molecule has 12 N–H and O–H groups in total. The average molecular weight is 493 g/mol. The second-order valence-corrected chi connectivity index (χ2v) is 1.83. The number of aliphatic carboxylic acids is 6. The molecule has 0 spiro atoms. The first-order valence-corrected chi connectivity index (χ1v) is 3.32. The summed E-state index contributed by atoms with van der Waals surface area (Å²) in [5.74, 6) is -10.9. The summed E-state index contributed by atoms with van der Waals surface area (Å²) < 4.78 is 0. The van der Waals surface area contributed by atoms with Gasteiger partial charge in [-0.1, -0.05) is 0 Å². The van der Waals surface area contributed by atoms with E-state index < -0.39 is 35.8 Å². The van der Waals surface area contributed by atoms with Gasteiger partial charge in [-0.25, -0.2) is 28.8 Å². The van der Waals surface area contributed by atoms with Crippen LogP contribution in [0.3, 0.4) is 0 Å². The fraction of sp³-hybridized carbons (Fsp3) is 0. The smallest absolute Gasteiger partial charge is 0.414 e. The first kappa shape index (κ1) is 63.1. The van der Waals surface area contributed by atoms with Crippen LogP contribution in [0.5, 0.6) is 0 Å². The predicted octanol–water partition coefficient (Wildman–Crippen LogP) is -6.15. The van der Waals surface area contributed by atoms with E-state index in [2.05, 4.69) is 0 Å². The topological polar surface area (TPSA) is 318 Å². The summed E-state index contributed by atoms with van der Waals surface area (Å²) in [5.41, 5.74) is 0. The molecule has 25 heavy (non-hydrogen) atoms. The predicted molar refractivity (Wildman–Crippen MR) is 73.9 cm³/mol. The fourth-order valence-corrected chi connectivity index (χ4v) is 0. The molecule has 0 heterocycles. The Kier molecular flexibility index (Phi) is 103. The van der Waals surface area contributed by atoms with Crippen LogP contribution < -0.4 is 0 Å². The van der Waals surface area contributed by atoms with Crippen LogP contribution in [0.2, 0.25) is 0 Å². The normalized spacial score (nSPS) is 5.28. The summed E-state index contributed by atoms with van der Waals surface area (Å²) in [4.78, 5) is 54.6. The Labute approximate surface area is 276 Å². The Balaban J connectivity index is -0.0000000148. The third-order valence-corrected chi connectivity index (χ3v) is 0.549. The van der Waals surface area contributed by atoms with Gasteiger partial charge in [-0.15, -0.1) is 0 Å². The van der Waals surface area contributed by atoms with Crippen LogP contribution in [-0.2, 0) is 46.1 Å². The van der Waals surface area contributed by atoms with E-state index in [0.29, 0.717) is 0 Å². The van der Waals surface area contributed by atoms with E-state index in [1.165, 1.54) is 0 Å². The third kappa shape index (κ3) is 76.2. The first-order chi connectivity index (χ1) is 7.93. The van der Waals surface area contributed by atoms with Crippen LogP contribution in [0.25, 0.3) is 0 Å². The van der Waals surface area contributed by atoms with E-state index >= 15 is 0 Å². The molecule has 3 radical (unpaired) electrons. The van der Waals surface area contributed by atoms with Crippen LogP contribution in [0.4, 0.5) is 0 Å². The molecule has 0 saturated carbocycles. The van der Waals surface area contributed by atoms with Crippen LogP contribution in [0.15, 0.2) is 0 Å². The molecule has 0 saturated heterocycles. The van der Waals surface area contributed by atoms with Crippen molar-refractivity contribution in [2.45, 2.75) is 0 Å². The standard InChI is InChI=1S/3C2H2O4.Cr.3K.3H2O/c3*3-1(4)2(5)6;;;;;;;/h3*(H,3,4)(H,5,6);;;;;3*1H2. The Bertz CT molecular complexity index is 292. The molecule has 0 atom stereocenters. The second-order valence-electron chi connectivity index (χ2n) is 1.83. The molecule has 15 nitrogen and oxygen atoms in total. The van der Waals surface area contributed by atoms with E-state index in [9.17, 15) is 0 Å². The molecular weight excluding hydrogens is 481 g/mol. The second kappa shape index (κ2) is 40.7. The van der Waals surface area contributed by atoms with E-state index in [4.69, 9.17) is 59.4 Å². The quantitative estimate of drug-likeness (QED) is 0.135. The van der Waals surface area contributed by atoms with Crippen molar-refractivity contribution in [1.82, 2.24) is 0 Å². The molecule has 0 fully saturated rings. The first-order valence-electron chi connectivity index (χ1n) is 3.32. The number of carboxylic acids is 6. The molecular formula is C6H12CrK3O15. The third-order valence-electron chi connectivity index (χ3n) is 0.549. The van der Waals surface area contributed by atoms with Crippen molar-refractivity contribution in [3.63, 3.8) is 0 Å². The van der Waals surface area contributed by atoms with Crippen molar-refractivity contribution in [3.8, 4) is 0 Å². The van der Waals surface area contributed by atoms with E-state index in [1.54, 1.807) is 0 Å². The van der Waals surface area contributed by atoms with Gasteiger partial charge in [-0.3, -0.25) is 0 Å². The zero-order chi connectivity index (χ0) is 15.5. The summed E-state index contributed by atoms with van der Waals surface area (Å²) in [7, 11) is 0. The van der Waals surface area contributed by atoms with Gasteiger partial charge in [0.15, 0.2) is 0 Å². The van der Waals surface area contributed by atoms with Gasteiger partial charge in [0.1, 0.15) is 0 Å². The molecule has 0 aromatic heterocycles. The average Bonchev–Trinajstić information content (AvgIpc) is 2.18. The maximum absolute atomic E-state index is 9.10.